The number of ether oxygens (including phenoxy) is 3. The Kier molecular flexibility index (Phi) is 3.93. The van der Waals surface area contributed by atoms with Crippen molar-refractivity contribution in [2.24, 2.45) is 0 Å². The van der Waals surface area contributed by atoms with E-state index in [1.54, 1.807) is 0 Å². The molecule has 20 heavy (non-hydrogen) atoms. The second kappa shape index (κ2) is 4.88. The van der Waals surface area contributed by atoms with Gasteiger partial charge in [0.25, 0.3) is 0 Å². The first-order chi connectivity index (χ1) is 8.97. The van der Waals surface area contributed by atoms with E-state index < -0.39 is 26.5 Å². The third kappa shape index (κ3) is 2.85. The molecule has 116 valence electrons. The lowest BCUT2D eigenvalue weighted by atomic mass is 10.1. The summed E-state index contributed by atoms with van der Waals surface area (Å²) in [6.07, 6.45) is -1.07. The van der Waals surface area contributed by atoms with E-state index in [9.17, 15) is 4.79 Å². The van der Waals surface area contributed by atoms with Crippen molar-refractivity contribution in [1.82, 2.24) is 0 Å². The zero-order valence-corrected chi connectivity index (χ0v) is 14.4. The Morgan fingerprint density at radius 2 is 1.80 bits per heavy atom. The van der Waals surface area contributed by atoms with E-state index in [0.29, 0.717) is 0 Å². The molecule has 0 radical (unpaired) electrons. The predicted octanol–water partition coefficient (Wildman–Crippen LogP) is 2.45. The van der Waals surface area contributed by atoms with Crippen molar-refractivity contribution >= 4 is 14.6 Å². The molecule has 2 heterocycles. The van der Waals surface area contributed by atoms with Crippen LogP contribution in [0.15, 0.2) is 0 Å². The highest BCUT2D eigenvalue weighted by molar-refractivity contribution is 6.74. The molecule has 2 fully saturated rings. The van der Waals surface area contributed by atoms with Crippen LogP contribution in [0.4, 0.5) is 0 Å². The molecule has 0 aromatic rings. The van der Waals surface area contributed by atoms with E-state index in [2.05, 4.69) is 33.9 Å². The molecule has 0 aromatic heterocycles. The predicted molar refractivity (Wildman–Crippen MR) is 76.8 cm³/mol. The molecule has 0 bridgehead atoms. The van der Waals surface area contributed by atoms with E-state index in [1.807, 2.05) is 13.8 Å². The molecular weight excluding hydrogens is 276 g/mol. The lowest BCUT2D eigenvalue weighted by Crippen LogP contribution is -2.50. The highest BCUT2D eigenvalue weighted by atomic mass is 28.4. The van der Waals surface area contributed by atoms with Crippen LogP contribution >= 0.6 is 0 Å². The van der Waals surface area contributed by atoms with Crippen LogP contribution < -0.4 is 0 Å². The minimum Gasteiger partial charge on any atom is -0.408 e. The molecule has 6 heteroatoms. The highest BCUT2D eigenvalue weighted by Gasteiger charge is 2.57. The molecule has 0 amide bonds. The summed E-state index contributed by atoms with van der Waals surface area (Å²) in [5.41, 5.74) is 0. The fraction of sp³-hybridized carbons (Fsp3) is 0.929. The molecule has 2 aliphatic rings. The van der Waals surface area contributed by atoms with Gasteiger partial charge in [-0.3, -0.25) is 0 Å². The smallest absolute Gasteiger partial charge is 0.192 e. The molecule has 0 spiro atoms. The number of aldehydes is 1. The lowest BCUT2D eigenvalue weighted by Gasteiger charge is -2.39. The van der Waals surface area contributed by atoms with Gasteiger partial charge in [-0.15, -0.1) is 0 Å². The van der Waals surface area contributed by atoms with E-state index in [-0.39, 0.29) is 17.2 Å². The summed E-state index contributed by atoms with van der Waals surface area (Å²) >= 11 is 0. The van der Waals surface area contributed by atoms with Gasteiger partial charge < -0.3 is 23.4 Å². The minimum absolute atomic E-state index is 0.0630. The first-order valence-corrected chi connectivity index (χ1v) is 10.0. The lowest BCUT2D eigenvalue weighted by molar-refractivity contribution is -0.211. The summed E-state index contributed by atoms with van der Waals surface area (Å²) in [6, 6.07) is 0. The van der Waals surface area contributed by atoms with Crippen molar-refractivity contribution in [2.45, 2.75) is 83.1 Å². The van der Waals surface area contributed by atoms with Crippen LogP contribution in [0.2, 0.25) is 18.1 Å². The average Bonchev–Trinajstić information content (AvgIpc) is 2.70. The van der Waals surface area contributed by atoms with Crippen molar-refractivity contribution < 1.29 is 23.4 Å². The molecule has 2 rings (SSSR count). The molecule has 0 aliphatic carbocycles. The second-order valence-electron chi connectivity index (χ2n) is 7.55. The fourth-order valence-corrected chi connectivity index (χ4v) is 3.57. The van der Waals surface area contributed by atoms with Gasteiger partial charge in [0, 0.05) is 0 Å². The molecule has 4 unspecified atom stereocenters. The van der Waals surface area contributed by atoms with Crippen molar-refractivity contribution in [1.29, 1.82) is 0 Å². The number of hydrogen-bond acceptors (Lipinski definition) is 5. The van der Waals surface area contributed by atoms with Crippen LogP contribution in [0.1, 0.15) is 34.6 Å². The second-order valence-corrected chi connectivity index (χ2v) is 12.3. The molecule has 0 N–H and O–H groups in total. The largest absolute Gasteiger partial charge is 0.408 e. The summed E-state index contributed by atoms with van der Waals surface area (Å²) in [6.45, 7) is 14.5. The first-order valence-electron chi connectivity index (χ1n) is 7.11. The van der Waals surface area contributed by atoms with Gasteiger partial charge in [-0.1, -0.05) is 20.8 Å². The topological polar surface area (TPSA) is 54.0 Å². The number of carbonyl (C=O) groups excluding carboxylic acids is 1. The third-order valence-corrected chi connectivity index (χ3v) is 8.87. The third-order valence-electron chi connectivity index (χ3n) is 4.40. The number of fused-ring (bicyclic) bond motifs is 1. The van der Waals surface area contributed by atoms with Gasteiger partial charge in [0.15, 0.2) is 26.7 Å². The van der Waals surface area contributed by atoms with E-state index >= 15 is 0 Å². The van der Waals surface area contributed by atoms with Crippen molar-refractivity contribution in [2.75, 3.05) is 0 Å². The highest BCUT2D eigenvalue weighted by Crippen LogP contribution is 2.43. The summed E-state index contributed by atoms with van der Waals surface area (Å²) in [7, 11) is -2.01. The van der Waals surface area contributed by atoms with Crippen molar-refractivity contribution in [3.05, 3.63) is 0 Å². The number of carbonyl (C=O) groups is 1. The van der Waals surface area contributed by atoms with E-state index in [4.69, 9.17) is 18.6 Å². The minimum atomic E-state index is -2.01. The maximum atomic E-state index is 11.2. The van der Waals surface area contributed by atoms with E-state index in [1.165, 1.54) is 0 Å². The van der Waals surface area contributed by atoms with Crippen molar-refractivity contribution in [3.8, 4) is 0 Å². The Balaban J connectivity index is 2.18. The van der Waals surface area contributed by atoms with Crippen LogP contribution in [-0.4, -0.2) is 45.0 Å². The Hall–Kier alpha value is -0.273. The molecule has 4 atom stereocenters. The van der Waals surface area contributed by atoms with Gasteiger partial charge in [0.05, 0.1) is 0 Å². The van der Waals surface area contributed by atoms with Crippen molar-refractivity contribution in [3.63, 3.8) is 0 Å². The van der Waals surface area contributed by atoms with Gasteiger partial charge in [0.2, 0.25) is 0 Å². The fourth-order valence-electron chi connectivity index (χ4n) is 2.26. The maximum absolute atomic E-state index is 11.2. The molecule has 5 nitrogen and oxygen atoms in total. The Morgan fingerprint density at radius 3 is 2.30 bits per heavy atom. The Labute approximate surface area is 122 Å². The molecule has 0 saturated carbocycles. The maximum Gasteiger partial charge on any atom is 0.192 e. The number of rotatable bonds is 3. The summed E-state index contributed by atoms with van der Waals surface area (Å²) in [4.78, 5) is 11.2. The van der Waals surface area contributed by atoms with Gasteiger partial charge in [-0.25, -0.2) is 0 Å². The summed E-state index contributed by atoms with van der Waals surface area (Å²) in [5.74, 6) is -0.696. The zero-order valence-electron chi connectivity index (χ0n) is 13.4. The standard InChI is InChI=1S/C14H26O5Si/c1-13(2,3)20(6,7)19-10-9(8-15)16-12-11(10)17-14(4,5)18-12/h8-12H,1-7H3. The zero-order chi connectivity index (χ0) is 15.3. The van der Waals surface area contributed by atoms with Crippen LogP contribution in [0.3, 0.4) is 0 Å². The molecular formula is C14H26O5Si. The Bertz CT molecular complexity index is 388. The normalized spacial score (nSPS) is 37.0. The van der Waals surface area contributed by atoms with Gasteiger partial charge in [-0.2, -0.15) is 0 Å². The summed E-state index contributed by atoms with van der Waals surface area (Å²) in [5, 5.41) is 0.0630. The number of hydrogen-bond donors (Lipinski definition) is 0. The summed E-state index contributed by atoms with van der Waals surface area (Å²) < 4.78 is 23.5. The van der Waals surface area contributed by atoms with Crippen LogP contribution in [0.5, 0.6) is 0 Å². The molecule has 0 aromatic carbocycles. The van der Waals surface area contributed by atoms with E-state index in [0.717, 1.165) is 6.29 Å². The SMILES string of the molecule is CC1(C)OC2OC(C=O)C(O[Si](C)(C)C(C)(C)C)C2O1. The van der Waals surface area contributed by atoms with Gasteiger partial charge in [-0.05, 0) is 32.0 Å². The molecule has 2 saturated heterocycles. The van der Waals surface area contributed by atoms with Crippen LogP contribution in [-0.2, 0) is 23.4 Å². The van der Waals surface area contributed by atoms with Crippen LogP contribution in [0.25, 0.3) is 0 Å². The monoisotopic (exact) mass is 302 g/mol. The Morgan fingerprint density at radius 1 is 1.20 bits per heavy atom. The van der Waals surface area contributed by atoms with Crippen LogP contribution in [0, 0.1) is 0 Å². The average molecular weight is 302 g/mol. The van der Waals surface area contributed by atoms with Gasteiger partial charge >= 0.3 is 0 Å². The van der Waals surface area contributed by atoms with Gasteiger partial charge in [0.1, 0.15) is 18.3 Å². The quantitative estimate of drug-likeness (QED) is 0.592. The first kappa shape index (κ1) is 16.1. The molecule has 2 aliphatic heterocycles.